The molecule has 1 heterocycles. The van der Waals surface area contributed by atoms with Crippen molar-refractivity contribution in [2.45, 2.75) is 25.2 Å². The first-order chi connectivity index (χ1) is 9.80. The Morgan fingerprint density at radius 1 is 1.24 bits per heavy atom. The molecule has 114 valence electrons. The van der Waals surface area contributed by atoms with Gasteiger partial charge in [-0.2, -0.15) is 0 Å². The number of nitrogens with zero attached hydrogens (tertiary/aromatic N) is 2. The standard InChI is InChI=1S/C15H19ClN2O2S/c1-11(2)8-9-18(3)21(19,20)13-5-6-14-12(10-13)4-7-15(16)17-14/h4-7,10-11H,8-9H2,1-3H3. The van der Waals surface area contributed by atoms with Gasteiger partial charge >= 0.3 is 0 Å². The van der Waals surface area contributed by atoms with Gasteiger partial charge in [0.2, 0.25) is 10.0 Å². The van der Waals surface area contributed by atoms with Crippen molar-refractivity contribution >= 4 is 32.5 Å². The van der Waals surface area contributed by atoms with Crippen molar-refractivity contribution in [3.05, 3.63) is 35.5 Å². The lowest BCUT2D eigenvalue weighted by Crippen LogP contribution is -2.28. The van der Waals surface area contributed by atoms with Crippen molar-refractivity contribution in [1.29, 1.82) is 0 Å². The Morgan fingerprint density at radius 3 is 2.62 bits per heavy atom. The van der Waals surface area contributed by atoms with E-state index in [1.54, 1.807) is 37.4 Å². The van der Waals surface area contributed by atoms with Crippen LogP contribution in [-0.4, -0.2) is 31.3 Å². The van der Waals surface area contributed by atoms with Crippen LogP contribution in [0.4, 0.5) is 0 Å². The summed E-state index contributed by atoms with van der Waals surface area (Å²) >= 11 is 5.83. The zero-order chi connectivity index (χ0) is 15.6. The highest BCUT2D eigenvalue weighted by molar-refractivity contribution is 7.89. The molecule has 0 bridgehead atoms. The van der Waals surface area contributed by atoms with Gasteiger partial charge in [0.1, 0.15) is 5.15 Å². The van der Waals surface area contributed by atoms with E-state index in [0.717, 1.165) is 11.8 Å². The first-order valence-corrected chi connectivity index (χ1v) is 8.65. The minimum atomic E-state index is -3.46. The summed E-state index contributed by atoms with van der Waals surface area (Å²) in [7, 11) is -1.85. The van der Waals surface area contributed by atoms with E-state index in [2.05, 4.69) is 18.8 Å². The van der Waals surface area contributed by atoms with E-state index < -0.39 is 10.0 Å². The van der Waals surface area contributed by atoms with Gasteiger partial charge < -0.3 is 0 Å². The Bertz CT molecular complexity index is 744. The van der Waals surface area contributed by atoms with Crippen LogP contribution >= 0.6 is 11.6 Å². The molecule has 0 amide bonds. The second-order valence-electron chi connectivity index (χ2n) is 5.50. The molecule has 4 nitrogen and oxygen atoms in total. The molecular weight excluding hydrogens is 308 g/mol. The molecule has 0 N–H and O–H groups in total. The van der Waals surface area contributed by atoms with E-state index >= 15 is 0 Å². The van der Waals surface area contributed by atoms with Gasteiger partial charge in [0, 0.05) is 19.0 Å². The van der Waals surface area contributed by atoms with Crippen LogP contribution in [0.2, 0.25) is 5.15 Å². The molecule has 1 aromatic heterocycles. The molecule has 2 aromatic rings. The van der Waals surface area contributed by atoms with Crippen molar-refractivity contribution in [3.8, 4) is 0 Å². The normalized spacial score (nSPS) is 12.5. The van der Waals surface area contributed by atoms with Gasteiger partial charge in [0.15, 0.2) is 0 Å². The fourth-order valence-electron chi connectivity index (χ4n) is 1.98. The van der Waals surface area contributed by atoms with Crippen molar-refractivity contribution < 1.29 is 8.42 Å². The van der Waals surface area contributed by atoms with Gasteiger partial charge in [-0.15, -0.1) is 0 Å². The van der Waals surface area contributed by atoms with Crippen LogP contribution in [0.1, 0.15) is 20.3 Å². The van der Waals surface area contributed by atoms with Crippen molar-refractivity contribution in [3.63, 3.8) is 0 Å². The predicted molar refractivity (Wildman–Crippen MR) is 86.0 cm³/mol. The molecule has 0 unspecified atom stereocenters. The monoisotopic (exact) mass is 326 g/mol. The predicted octanol–water partition coefficient (Wildman–Crippen LogP) is 3.55. The summed E-state index contributed by atoms with van der Waals surface area (Å²) in [5, 5.41) is 1.16. The number of pyridine rings is 1. The van der Waals surface area contributed by atoms with E-state index in [0.29, 0.717) is 23.1 Å². The van der Waals surface area contributed by atoms with Gasteiger partial charge in [0.05, 0.1) is 10.4 Å². The van der Waals surface area contributed by atoms with Crippen LogP contribution in [0.5, 0.6) is 0 Å². The smallest absolute Gasteiger partial charge is 0.236 e. The molecule has 2 rings (SSSR count). The van der Waals surface area contributed by atoms with E-state index in [9.17, 15) is 8.42 Å². The summed E-state index contributed by atoms with van der Waals surface area (Å²) in [6.07, 6.45) is 0.834. The number of rotatable bonds is 5. The Balaban J connectivity index is 2.33. The quantitative estimate of drug-likeness (QED) is 0.789. The third kappa shape index (κ3) is 3.73. The molecule has 1 aromatic carbocycles. The van der Waals surface area contributed by atoms with Crippen LogP contribution in [-0.2, 0) is 10.0 Å². The SMILES string of the molecule is CC(C)CCN(C)S(=O)(=O)c1ccc2nc(Cl)ccc2c1. The van der Waals surface area contributed by atoms with Crippen molar-refractivity contribution in [2.75, 3.05) is 13.6 Å². The Kier molecular flexibility index (Phi) is 4.86. The lowest BCUT2D eigenvalue weighted by atomic mass is 10.1. The number of hydrogen-bond donors (Lipinski definition) is 0. The maximum absolute atomic E-state index is 12.5. The van der Waals surface area contributed by atoms with Crippen molar-refractivity contribution in [1.82, 2.24) is 9.29 Å². The Labute approximate surface area is 130 Å². The van der Waals surface area contributed by atoms with E-state index in [4.69, 9.17) is 11.6 Å². The topological polar surface area (TPSA) is 50.3 Å². The average molecular weight is 327 g/mol. The molecule has 0 fully saturated rings. The molecule has 0 aliphatic carbocycles. The fourth-order valence-corrected chi connectivity index (χ4v) is 3.35. The van der Waals surface area contributed by atoms with E-state index in [1.807, 2.05) is 0 Å². The first-order valence-electron chi connectivity index (χ1n) is 6.83. The summed E-state index contributed by atoms with van der Waals surface area (Å²) in [5.41, 5.74) is 0.686. The summed E-state index contributed by atoms with van der Waals surface area (Å²) in [6.45, 7) is 4.66. The zero-order valence-corrected chi connectivity index (χ0v) is 13.9. The van der Waals surface area contributed by atoms with Crippen molar-refractivity contribution in [2.24, 2.45) is 5.92 Å². The lowest BCUT2D eigenvalue weighted by molar-refractivity contribution is 0.428. The number of sulfonamides is 1. The first kappa shape index (κ1) is 16.2. The van der Waals surface area contributed by atoms with Crippen LogP contribution in [0, 0.1) is 5.92 Å². The molecule has 6 heteroatoms. The fraction of sp³-hybridized carbons (Fsp3) is 0.400. The molecule has 0 radical (unpaired) electrons. The summed E-state index contributed by atoms with van der Waals surface area (Å²) in [4.78, 5) is 4.44. The van der Waals surface area contributed by atoms with Crippen LogP contribution in [0.3, 0.4) is 0 Å². The maximum Gasteiger partial charge on any atom is 0.242 e. The highest BCUT2D eigenvalue weighted by atomic mass is 35.5. The number of fused-ring (bicyclic) bond motifs is 1. The van der Waals surface area contributed by atoms with Gasteiger partial charge in [-0.25, -0.2) is 17.7 Å². The third-order valence-corrected chi connectivity index (χ3v) is 5.42. The number of benzene rings is 1. The molecule has 0 saturated carbocycles. The number of aromatic nitrogens is 1. The minimum absolute atomic E-state index is 0.283. The van der Waals surface area contributed by atoms with Gasteiger partial charge in [-0.3, -0.25) is 0 Å². The number of hydrogen-bond acceptors (Lipinski definition) is 3. The molecule has 0 spiro atoms. The Morgan fingerprint density at radius 2 is 1.95 bits per heavy atom. The zero-order valence-electron chi connectivity index (χ0n) is 12.4. The minimum Gasteiger partial charge on any atom is -0.236 e. The van der Waals surface area contributed by atoms with Gasteiger partial charge in [-0.05, 0) is 42.7 Å². The maximum atomic E-state index is 12.5. The molecule has 0 atom stereocenters. The Hall–Kier alpha value is -1.17. The van der Waals surface area contributed by atoms with E-state index in [1.165, 1.54) is 4.31 Å². The second-order valence-corrected chi connectivity index (χ2v) is 7.93. The summed E-state index contributed by atoms with van der Waals surface area (Å²) < 4.78 is 26.5. The van der Waals surface area contributed by atoms with Gasteiger partial charge in [0.25, 0.3) is 0 Å². The van der Waals surface area contributed by atoms with Crippen LogP contribution in [0.25, 0.3) is 10.9 Å². The molecule has 0 aliphatic rings. The van der Waals surface area contributed by atoms with Crippen LogP contribution in [0.15, 0.2) is 35.2 Å². The molecule has 0 saturated heterocycles. The molecule has 21 heavy (non-hydrogen) atoms. The molecular formula is C15H19ClN2O2S. The molecule has 0 aliphatic heterocycles. The second kappa shape index (κ2) is 6.30. The lowest BCUT2D eigenvalue weighted by Gasteiger charge is -2.18. The summed E-state index contributed by atoms with van der Waals surface area (Å²) in [6, 6.07) is 8.33. The highest BCUT2D eigenvalue weighted by Crippen LogP contribution is 2.22. The highest BCUT2D eigenvalue weighted by Gasteiger charge is 2.21. The summed E-state index contributed by atoms with van der Waals surface area (Å²) in [5.74, 6) is 0.464. The largest absolute Gasteiger partial charge is 0.242 e. The van der Waals surface area contributed by atoms with Crippen LogP contribution < -0.4 is 0 Å². The third-order valence-electron chi connectivity index (χ3n) is 3.36. The van der Waals surface area contributed by atoms with E-state index in [-0.39, 0.29) is 4.90 Å². The number of halogens is 1. The van der Waals surface area contributed by atoms with Gasteiger partial charge in [-0.1, -0.05) is 25.4 Å². The average Bonchev–Trinajstić information content (AvgIpc) is 2.43.